The van der Waals surface area contributed by atoms with Crippen LogP contribution in [0.3, 0.4) is 0 Å². The molecule has 3 aromatic rings. The largest absolute Gasteiger partial charge is 0.494 e. The smallest absolute Gasteiger partial charge is 0.205 e. The zero-order valence-corrected chi connectivity index (χ0v) is 21.5. The van der Waals surface area contributed by atoms with Crippen LogP contribution in [0.15, 0.2) is 36.4 Å². The predicted molar refractivity (Wildman–Crippen MR) is 135 cm³/mol. The molecule has 5 rings (SSSR count). The lowest BCUT2D eigenvalue weighted by molar-refractivity contribution is -0.0377. The average Bonchev–Trinajstić information content (AvgIpc) is 3.42. The van der Waals surface area contributed by atoms with Crippen molar-refractivity contribution in [1.82, 2.24) is 4.57 Å². The molecule has 1 aromatic heterocycles. The maximum atomic E-state index is 11.5. The van der Waals surface area contributed by atoms with Gasteiger partial charge in [-0.3, -0.25) is 4.57 Å². The van der Waals surface area contributed by atoms with E-state index >= 15 is 0 Å². The first-order valence-electron chi connectivity index (χ1n) is 11.9. The van der Waals surface area contributed by atoms with E-state index in [1.54, 1.807) is 12.1 Å². The third-order valence-corrected chi connectivity index (χ3v) is 12.7. The molecule has 0 saturated carbocycles. The zero-order valence-electron chi connectivity index (χ0n) is 20.5. The summed E-state index contributed by atoms with van der Waals surface area (Å²) in [5.41, 5.74) is 1.93. The molecule has 2 aromatic carbocycles. The van der Waals surface area contributed by atoms with Crippen LogP contribution in [0.25, 0.3) is 21.3 Å². The van der Waals surface area contributed by atoms with E-state index in [-0.39, 0.29) is 22.9 Å². The molecule has 0 spiro atoms. The Morgan fingerprint density at radius 2 is 1.85 bits per heavy atom. The molecule has 3 heterocycles. The summed E-state index contributed by atoms with van der Waals surface area (Å²) >= 11 is 0. The Morgan fingerprint density at radius 1 is 1.15 bits per heavy atom. The highest BCUT2D eigenvalue weighted by Gasteiger charge is 2.56. The average molecular weight is 477 g/mol. The van der Waals surface area contributed by atoms with Gasteiger partial charge < -0.3 is 19.4 Å². The highest BCUT2D eigenvalue weighted by atomic mass is 28.4. The summed E-state index contributed by atoms with van der Waals surface area (Å²) in [5.74, 6) is 0.0350. The molecule has 34 heavy (non-hydrogen) atoms. The Kier molecular flexibility index (Phi) is 5.14. The van der Waals surface area contributed by atoms with Gasteiger partial charge in [-0.05, 0) is 47.8 Å². The second-order valence-corrected chi connectivity index (χ2v) is 15.8. The van der Waals surface area contributed by atoms with Gasteiger partial charge in [-0.25, -0.2) is 4.85 Å². The number of nitrogens with zero attached hydrogens (tertiary/aromatic N) is 2. The summed E-state index contributed by atoms with van der Waals surface area (Å²) in [6, 6.07) is 11.1. The lowest BCUT2D eigenvalue weighted by Gasteiger charge is -2.37. The quantitative estimate of drug-likeness (QED) is 0.305. The summed E-state index contributed by atoms with van der Waals surface area (Å²) in [6.07, 6.45) is 2.00. The van der Waals surface area contributed by atoms with Crippen molar-refractivity contribution in [1.29, 1.82) is 0 Å². The van der Waals surface area contributed by atoms with Crippen LogP contribution >= 0.6 is 0 Å². The van der Waals surface area contributed by atoms with Gasteiger partial charge in [0, 0.05) is 13.0 Å². The Labute approximate surface area is 201 Å². The van der Waals surface area contributed by atoms with Crippen molar-refractivity contribution in [2.75, 3.05) is 6.61 Å². The zero-order chi connectivity index (χ0) is 24.5. The molecule has 0 radical (unpaired) electrons. The topological polar surface area (TPSA) is 68.2 Å². The molecule has 1 fully saturated rings. The number of benzene rings is 2. The molecule has 2 aliphatic rings. The fourth-order valence-electron chi connectivity index (χ4n) is 5.25. The maximum Gasteiger partial charge on any atom is 0.205 e. The van der Waals surface area contributed by atoms with Gasteiger partial charge in [-0.1, -0.05) is 51.1 Å². The molecule has 0 aliphatic carbocycles. The van der Waals surface area contributed by atoms with Crippen molar-refractivity contribution in [2.24, 2.45) is 0 Å². The van der Waals surface area contributed by atoms with E-state index in [1.807, 2.05) is 24.3 Å². The van der Waals surface area contributed by atoms with Crippen molar-refractivity contribution < 1.29 is 19.4 Å². The van der Waals surface area contributed by atoms with E-state index < -0.39 is 13.9 Å². The molecule has 2 N–H and O–H groups in total. The number of rotatable bonds is 5. The van der Waals surface area contributed by atoms with Gasteiger partial charge >= 0.3 is 0 Å². The van der Waals surface area contributed by atoms with Gasteiger partial charge in [-0.2, -0.15) is 0 Å². The Balaban J connectivity index is 1.56. The van der Waals surface area contributed by atoms with Crippen LogP contribution < -0.4 is 0 Å². The van der Waals surface area contributed by atoms with Gasteiger partial charge in [-0.15, -0.1) is 0 Å². The molecule has 0 amide bonds. The normalized spacial score (nSPS) is 21.7. The fraction of sp³-hybridized carbons (Fsp3) is 0.444. The molecule has 7 heteroatoms. The summed E-state index contributed by atoms with van der Waals surface area (Å²) in [5, 5.41) is 24.5. The van der Waals surface area contributed by atoms with Gasteiger partial charge in [0.1, 0.15) is 5.60 Å². The first kappa shape index (κ1) is 23.0. The lowest BCUT2D eigenvalue weighted by atomic mass is 9.82. The molecular weight excluding hydrogens is 444 g/mol. The number of aromatic hydroxyl groups is 2. The van der Waals surface area contributed by atoms with Crippen LogP contribution in [0.2, 0.25) is 18.1 Å². The van der Waals surface area contributed by atoms with E-state index in [9.17, 15) is 10.2 Å². The van der Waals surface area contributed by atoms with Crippen molar-refractivity contribution >= 4 is 24.8 Å². The first-order chi connectivity index (χ1) is 16.0. The second kappa shape index (κ2) is 7.61. The van der Waals surface area contributed by atoms with Gasteiger partial charge in [0.15, 0.2) is 14.0 Å². The maximum absolute atomic E-state index is 11.5. The van der Waals surface area contributed by atoms with Gasteiger partial charge in [0.2, 0.25) is 11.8 Å². The lowest BCUT2D eigenvalue weighted by Crippen LogP contribution is -2.41. The van der Waals surface area contributed by atoms with E-state index in [2.05, 4.69) is 38.7 Å². The summed E-state index contributed by atoms with van der Waals surface area (Å²) in [6.45, 7) is 19.2. The Morgan fingerprint density at radius 3 is 2.53 bits per heavy atom. The summed E-state index contributed by atoms with van der Waals surface area (Å²) < 4.78 is 14.4. The molecule has 178 valence electrons. The first-order valence-corrected chi connectivity index (χ1v) is 14.8. The standard InChI is InChI=1S/C27H32N2O4Si/c1-26(2,3)34(5,6)32-16-15-27-14-13-21(33-27)22-23(27)25(31)29(24(22)30)20-12-11-19(28-4)17-9-7-8-10-18(17)20/h7-12,21,30-31H,13-16H2,1-3,5-6H3. The molecule has 2 atom stereocenters. The summed E-state index contributed by atoms with van der Waals surface area (Å²) in [7, 11) is -1.91. The van der Waals surface area contributed by atoms with Gasteiger partial charge in [0.25, 0.3) is 0 Å². The number of ether oxygens (including phenoxy) is 1. The molecule has 1 saturated heterocycles. The van der Waals surface area contributed by atoms with Gasteiger partial charge in [0.05, 0.1) is 29.5 Å². The second-order valence-electron chi connectivity index (χ2n) is 11.0. The molecular formula is C27H32N2O4Si. The van der Waals surface area contributed by atoms with Crippen LogP contribution in [-0.2, 0) is 14.8 Å². The van der Waals surface area contributed by atoms with E-state index in [4.69, 9.17) is 15.7 Å². The monoisotopic (exact) mass is 476 g/mol. The van der Waals surface area contributed by atoms with Crippen LogP contribution in [-0.4, -0.2) is 29.7 Å². The Hall–Kier alpha value is -2.79. The number of hydrogen-bond donors (Lipinski definition) is 2. The van der Waals surface area contributed by atoms with E-state index in [1.165, 1.54) is 4.57 Å². The highest BCUT2D eigenvalue weighted by Crippen LogP contribution is 2.63. The van der Waals surface area contributed by atoms with Crippen molar-refractivity contribution in [2.45, 2.75) is 69.9 Å². The minimum Gasteiger partial charge on any atom is -0.494 e. The minimum atomic E-state index is -1.91. The third kappa shape index (κ3) is 3.20. The highest BCUT2D eigenvalue weighted by molar-refractivity contribution is 6.74. The fourth-order valence-corrected chi connectivity index (χ4v) is 6.29. The number of aromatic nitrogens is 1. The summed E-state index contributed by atoms with van der Waals surface area (Å²) in [4.78, 5) is 3.63. The number of fused-ring (bicyclic) bond motifs is 6. The van der Waals surface area contributed by atoms with Crippen molar-refractivity contribution in [3.05, 3.63) is 58.9 Å². The molecule has 2 bridgehead atoms. The molecule has 6 nitrogen and oxygen atoms in total. The van der Waals surface area contributed by atoms with Crippen LogP contribution in [0.5, 0.6) is 11.8 Å². The SMILES string of the molecule is [C-]#[N+]c1ccc(-n2c(O)c3c(c2O)C2(CCO[Si](C)(C)C(C)(C)C)CCC3O2)c2ccccc12. The number of hydrogen-bond acceptors (Lipinski definition) is 4. The van der Waals surface area contributed by atoms with Crippen LogP contribution in [0.4, 0.5) is 5.69 Å². The van der Waals surface area contributed by atoms with Crippen LogP contribution in [0, 0.1) is 6.57 Å². The van der Waals surface area contributed by atoms with Crippen molar-refractivity contribution in [3.8, 4) is 17.4 Å². The third-order valence-electron chi connectivity index (χ3n) is 8.13. The van der Waals surface area contributed by atoms with E-state index in [0.29, 0.717) is 35.5 Å². The van der Waals surface area contributed by atoms with E-state index in [0.717, 1.165) is 23.6 Å². The minimum absolute atomic E-state index is 0.0164. The molecule has 2 aliphatic heterocycles. The molecule has 2 unspecified atom stereocenters. The van der Waals surface area contributed by atoms with Crippen LogP contribution in [0.1, 0.15) is 57.3 Å². The van der Waals surface area contributed by atoms with Crippen molar-refractivity contribution in [3.63, 3.8) is 0 Å². The predicted octanol–water partition coefficient (Wildman–Crippen LogP) is 7.06. The Bertz CT molecular complexity index is 1330.